The molecule has 5 nitrogen and oxygen atoms in total. The zero-order valence-electron chi connectivity index (χ0n) is 16.1. The predicted molar refractivity (Wildman–Crippen MR) is 110 cm³/mol. The Morgan fingerprint density at radius 1 is 1.15 bits per heavy atom. The molecule has 0 aliphatic carbocycles. The maximum absolute atomic E-state index is 12.3. The highest BCUT2D eigenvalue weighted by Crippen LogP contribution is 2.27. The summed E-state index contributed by atoms with van der Waals surface area (Å²) in [5, 5.41) is 8.09. The Morgan fingerprint density at radius 3 is 2.52 bits per heavy atom. The summed E-state index contributed by atoms with van der Waals surface area (Å²) in [6.45, 7) is 7.36. The molecule has 0 radical (unpaired) electrons. The summed E-state index contributed by atoms with van der Waals surface area (Å²) in [5.74, 6) is 0.850. The Kier molecular flexibility index (Phi) is 7.12. The fourth-order valence-electron chi connectivity index (χ4n) is 3.34. The van der Waals surface area contributed by atoms with Crippen LogP contribution in [0.25, 0.3) is 0 Å². The molecule has 1 aliphatic heterocycles. The Balaban J connectivity index is 1.46. The molecule has 6 heteroatoms. The maximum atomic E-state index is 12.3. The third-order valence-corrected chi connectivity index (χ3v) is 5.63. The molecule has 2 heterocycles. The van der Waals surface area contributed by atoms with Gasteiger partial charge in [-0.05, 0) is 68.9 Å². The van der Waals surface area contributed by atoms with Crippen LogP contribution in [0, 0.1) is 0 Å². The number of carbonyl (C=O) groups is 1. The van der Waals surface area contributed by atoms with Gasteiger partial charge in [-0.1, -0.05) is 18.2 Å². The predicted octanol–water partition coefficient (Wildman–Crippen LogP) is 4.17. The SMILES string of the molecule is CC(C)Oc1ccc(CNC(=O)NCC(c2cccs2)N2CCCC2)cc1. The number of rotatable bonds is 8. The van der Waals surface area contributed by atoms with Gasteiger partial charge in [0.05, 0.1) is 12.1 Å². The van der Waals surface area contributed by atoms with Crippen LogP contribution in [0.3, 0.4) is 0 Å². The molecule has 0 saturated carbocycles. The van der Waals surface area contributed by atoms with Gasteiger partial charge in [-0.2, -0.15) is 0 Å². The number of nitrogens with zero attached hydrogens (tertiary/aromatic N) is 1. The fraction of sp³-hybridized carbons (Fsp3) is 0.476. The van der Waals surface area contributed by atoms with Crippen molar-refractivity contribution in [2.45, 2.75) is 45.4 Å². The van der Waals surface area contributed by atoms with Crippen molar-refractivity contribution in [3.63, 3.8) is 0 Å². The van der Waals surface area contributed by atoms with Gasteiger partial charge in [0, 0.05) is 18.0 Å². The number of hydrogen-bond donors (Lipinski definition) is 2. The molecular weight excluding hydrogens is 358 g/mol. The average molecular weight is 388 g/mol. The van der Waals surface area contributed by atoms with Gasteiger partial charge in [0.1, 0.15) is 5.75 Å². The molecule has 146 valence electrons. The number of carbonyl (C=O) groups excluding carboxylic acids is 1. The molecule has 1 aromatic carbocycles. The largest absolute Gasteiger partial charge is 0.491 e. The second kappa shape index (κ2) is 9.76. The molecule has 1 saturated heterocycles. The van der Waals surface area contributed by atoms with Crippen molar-refractivity contribution in [3.05, 3.63) is 52.2 Å². The normalized spacial score (nSPS) is 15.7. The molecule has 1 unspecified atom stereocenters. The highest BCUT2D eigenvalue weighted by molar-refractivity contribution is 7.10. The number of ether oxygens (including phenoxy) is 1. The number of benzene rings is 1. The van der Waals surface area contributed by atoms with E-state index in [9.17, 15) is 4.79 Å². The van der Waals surface area contributed by atoms with Crippen LogP contribution in [-0.2, 0) is 6.54 Å². The Hall–Kier alpha value is -2.05. The highest BCUT2D eigenvalue weighted by Gasteiger charge is 2.24. The van der Waals surface area contributed by atoms with Crippen molar-refractivity contribution in [2.75, 3.05) is 19.6 Å². The number of amides is 2. The van der Waals surface area contributed by atoms with Crippen molar-refractivity contribution < 1.29 is 9.53 Å². The quantitative estimate of drug-likeness (QED) is 0.715. The summed E-state index contributed by atoms with van der Waals surface area (Å²) >= 11 is 1.76. The van der Waals surface area contributed by atoms with Crippen LogP contribution >= 0.6 is 11.3 Å². The first-order valence-electron chi connectivity index (χ1n) is 9.66. The number of thiophene rings is 1. The second-order valence-corrected chi connectivity index (χ2v) is 8.13. The maximum Gasteiger partial charge on any atom is 0.315 e. The van der Waals surface area contributed by atoms with E-state index in [-0.39, 0.29) is 18.2 Å². The molecule has 27 heavy (non-hydrogen) atoms. The minimum absolute atomic E-state index is 0.127. The lowest BCUT2D eigenvalue weighted by Gasteiger charge is -2.27. The summed E-state index contributed by atoms with van der Waals surface area (Å²) < 4.78 is 5.64. The number of hydrogen-bond acceptors (Lipinski definition) is 4. The molecule has 2 aromatic rings. The van der Waals surface area contributed by atoms with Crippen LogP contribution in [0.15, 0.2) is 41.8 Å². The van der Waals surface area contributed by atoms with Crippen molar-refractivity contribution in [1.29, 1.82) is 0 Å². The molecule has 3 rings (SSSR count). The molecule has 2 amide bonds. The zero-order valence-corrected chi connectivity index (χ0v) is 16.9. The Morgan fingerprint density at radius 2 is 1.89 bits per heavy atom. The zero-order chi connectivity index (χ0) is 19.1. The van der Waals surface area contributed by atoms with E-state index in [0.29, 0.717) is 13.1 Å². The van der Waals surface area contributed by atoms with E-state index in [4.69, 9.17) is 4.74 Å². The summed E-state index contributed by atoms with van der Waals surface area (Å²) in [7, 11) is 0. The van der Waals surface area contributed by atoms with Crippen LogP contribution in [0.5, 0.6) is 5.75 Å². The number of urea groups is 1. The molecular formula is C21H29N3O2S. The number of nitrogens with one attached hydrogen (secondary N) is 2. The summed E-state index contributed by atoms with van der Waals surface area (Å²) in [6, 6.07) is 12.2. The van der Waals surface area contributed by atoms with Crippen LogP contribution in [0.1, 0.15) is 43.2 Å². The van der Waals surface area contributed by atoms with Crippen molar-refractivity contribution in [3.8, 4) is 5.75 Å². The third kappa shape index (κ3) is 5.97. The van der Waals surface area contributed by atoms with Crippen LogP contribution in [0.4, 0.5) is 4.79 Å². The van der Waals surface area contributed by atoms with Crippen molar-refractivity contribution >= 4 is 17.4 Å². The van der Waals surface area contributed by atoms with Gasteiger partial charge in [0.15, 0.2) is 0 Å². The van der Waals surface area contributed by atoms with E-state index >= 15 is 0 Å². The van der Waals surface area contributed by atoms with E-state index in [1.807, 2.05) is 38.1 Å². The lowest BCUT2D eigenvalue weighted by atomic mass is 10.2. The smallest absolute Gasteiger partial charge is 0.315 e. The summed E-state index contributed by atoms with van der Waals surface area (Å²) in [4.78, 5) is 16.0. The van der Waals surface area contributed by atoms with E-state index in [1.54, 1.807) is 11.3 Å². The van der Waals surface area contributed by atoms with Crippen LogP contribution < -0.4 is 15.4 Å². The Labute approximate surface area is 165 Å². The van der Waals surface area contributed by atoms with E-state index in [0.717, 1.165) is 24.4 Å². The van der Waals surface area contributed by atoms with Crippen molar-refractivity contribution in [1.82, 2.24) is 15.5 Å². The van der Waals surface area contributed by atoms with E-state index in [1.165, 1.54) is 17.7 Å². The highest BCUT2D eigenvalue weighted by atomic mass is 32.1. The summed E-state index contributed by atoms with van der Waals surface area (Å²) in [5.41, 5.74) is 1.05. The van der Waals surface area contributed by atoms with Gasteiger partial charge in [-0.15, -0.1) is 11.3 Å². The molecule has 2 N–H and O–H groups in total. The molecule has 1 fully saturated rings. The first kappa shape index (κ1) is 19.7. The van der Waals surface area contributed by atoms with Gasteiger partial charge >= 0.3 is 6.03 Å². The van der Waals surface area contributed by atoms with Gasteiger partial charge in [-0.3, -0.25) is 4.90 Å². The minimum Gasteiger partial charge on any atom is -0.491 e. The second-order valence-electron chi connectivity index (χ2n) is 7.15. The first-order chi connectivity index (χ1) is 13.1. The topological polar surface area (TPSA) is 53.6 Å². The summed E-state index contributed by atoms with van der Waals surface area (Å²) in [6.07, 6.45) is 2.64. The van der Waals surface area contributed by atoms with Crippen LogP contribution in [0.2, 0.25) is 0 Å². The Bertz CT molecular complexity index is 695. The molecule has 0 spiro atoms. The number of likely N-dealkylation sites (tertiary alicyclic amines) is 1. The van der Waals surface area contributed by atoms with Crippen LogP contribution in [-0.4, -0.2) is 36.7 Å². The minimum atomic E-state index is -0.127. The first-order valence-corrected chi connectivity index (χ1v) is 10.5. The van der Waals surface area contributed by atoms with E-state index < -0.39 is 0 Å². The molecule has 1 atom stereocenters. The van der Waals surface area contributed by atoms with Gasteiger partial charge in [0.25, 0.3) is 0 Å². The average Bonchev–Trinajstić information content (AvgIpc) is 3.35. The van der Waals surface area contributed by atoms with Gasteiger partial charge < -0.3 is 15.4 Å². The van der Waals surface area contributed by atoms with Gasteiger partial charge in [-0.25, -0.2) is 4.79 Å². The fourth-order valence-corrected chi connectivity index (χ4v) is 4.20. The lowest BCUT2D eigenvalue weighted by molar-refractivity contribution is 0.222. The monoisotopic (exact) mass is 387 g/mol. The van der Waals surface area contributed by atoms with Gasteiger partial charge in [0.2, 0.25) is 0 Å². The van der Waals surface area contributed by atoms with E-state index in [2.05, 4.69) is 33.0 Å². The molecule has 1 aliphatic rings. The van der Waals surface area contributed by atoms with Crippen molar-refractivity contribution in [2.24, 2.45) is 0 Å². The third-order valence-electron chi connectivity index (χ3n) is 4.66. The lowest BCUT2D eigenvalue weighted by Crippen LogP contribution is -2.41. The molecule has 1 aromatic heterocycles. The molecule has 0 bridgehead atoms. The standard InChI is InChI=1S/C21H29N3O2S/c1-16(2)26-18-9-7-17(8-10-18)14-22-21(25)23-15-19(20-6-5-13-27-20)24-11-3-4-12-24/h5-10,13,16,19H,3-4,11-12,14-15H2,1-2H3,(H2,22,23,25).